The smallest absolute Gasteiger partial charge is 0.219 e. The Morgan fingerprint density at radius 2 is 1.85 bits per heavy atom. The largest absolute Gasteiger partial charge is 0.377 e. The number of ether oxygens (including phenoxy) is 1. The van der Waals surface area contributed by atoms with Crippen molar-refractivity contribution < 1.29 is 14.1 Å². The minimum atomic E-state index is 0.00823. The molecular weight excluding hydrogens is 518 g/mol. The van der Waals surface area contributed by atoms with Gasteiger partial charge in [-0.15, -0.1) is 0 Å². The molecule has 7 rings (SSSR count). The van der Waals surface area contributed by atoms with Crippen molar-refractivity contribution in [2.75, 3.05) is 37.7 Å². The van der Waals surface area contributed by atoms with Crippen LogP contribution < -0.4 is 4.90 Å². The summed E-state index contributed by atoms with van der Waals surface area (Å²) in [6.45, 7) is 8.70. The molecule has 41 heavy (non-hydrogen) atoms. The van der Waals surface area contributed by atoms with Crippen LogP contribution in [0.5, 0.6) is 0 Å². The molecule has 0 bridgehead atoms. The summed E-state index contributed by atoms with van der Waals surface area (Å²) in [5, 5.41) is 9.73. The van der Waals surface area contributed by atoms with Crippen LogP contribution in [-0.4, -0.2) is 68.6 Å². The van der Waals surface area contributed by atoms with Crippen LogP contribution in [0.2, 0.25) is 0 Å². The first-order chi connectivity index (χ1) is 20.0. The van der Waals surface area contributed by atoms with Crippen LogP contribution in [0.1, 0.15) is 36.0 Å². The quantitative estimate of drug-likeness (QED) is 0.310. The Balaban J connectivity index is 1.35. The van der Waals surface area contributed by atoms with E-state index in [1.807, 2.05) is 48.0 Å². The zero-order valence-corrected chi connectivity index (χ0v) is 23.3. The van der Waals surface area contributed by atoms with Gasteiger partial charge in [0.25, 0.3) is 0 Å². The van der Waals surface area contributed by atoms with Crippen molar-refractivity contribution in [3.8, 4) is 22.5 Å². The molecule has 2 saturated heterocycles. The number of amides is 1. The molecule has 1 atom stereocenters. The molecule has 2 aliphatic rings. The van der Waals surface area contributed by atoms with Crippen molar-refractivity contribution in [1.29, 1.82) is 0 Å². The molecule has 0 N–H and O–H groups in total. The molecule has 1 amide bonds. The fraction of sp³-hybridized carbons (Fsp3) is 0.323. The Morgan fingerprint density at radius 1 is 1.02 bits per heavy atom. The molecule has 3 aromatic heterocycles. The standard InChI is InChI=1S/C31H31N7O3/c1-19-29(20(2)41-35-19)23-9-10-27-26(13-23)31(37-11-12-40-18-28(37)22-7-5-4-6-8-22)34-30(33-27)24-14-32-38(15-24)25-16-36(17-25)21(3)39/h4-10,13-15,25,28H,11-12,16-18H2,1-3H3/t28-/m1/s1. The number of likely N-dealkylation sites (tertiary alicyclic amines) is 1. The normalized spacial score (nSPS) is 17.7. The highest BCUT2D eigenvalue weighted by atomic mass is 16.5. The highest BCUT2D eigenvalue weighted by molar-refractivity contribution is 5.95. The average molecular weight is 550 g/mol. The zero-order chi connectivity index (χ0) is 28.1. The number of fused-ring (bicyclic) bond motifs is 1. The van der Waals surface area contributed by atoms with E-state index in [2.05, 4.69) is 51.6 Å². The van der Waals surface area contributed by atoms with Gasteiger partial charge in [0.05, 0.1) is 48.3 Å². The summed E-state index contributed by atoms with van der Waals surface area (Å²) in [5.41, 5.74) is 5.72. The van der Waals surface area contributed by atoms with E-state index in [0.29, 0.717) is 38.7 Å². The number of benzene rings is 2. The Morgan fingerprint density at radius 3 is 2.61 bits per heavy atom. The van der Waals surface area contributed by atoms with Crippen LogP contribution >= 0.6 is 0 Å². The van der Waals surface area contributed by atoms with Crippen LogP contribution in [0.4, 0.5) is 5.82 Å². The maximum absolute atomic E-state index is 11.7. The predicted molar refractivity (Wildman–Crippen MR) is 154 cm³/mol. The van der Waals surface area contributed by atoms with Gasteiger partial charge in [-0.05, 0) is 37.1 Å². The lowest BCUT2D eigenvalue weighted by atomic mass is 10.0. The number of aryl methyl sites for hydroxylation is 2. The van der Waals surface area contributed by atoms with Gasteiger partial charge in [0.1, 0.15) is 11.6 Å². The minimum Gasteiger partial charge on any atom is -0.377 e. The van der Waals surface area contributed by atoms with Gasteiger partial charge in [-0.25, -0.2) is 9.97 Å². The van der Waals surface area contributed by atoms with Crippen molar-refractivity contribution in [1.82, 2.24) is 29.8 Å². The summed E-state index contributed by atoms with van der Waals surface area (Å²) in [4.78, 5) is 26.0. The molecule has 2 fully saturated rings. The number of morpholine rings is 1. The Bertz CT molecular complexity index is 1720. The Kier molecular flexibility index (Phi) is 6.27. The van der Waals surface area contributed by atoms with E-state index in [1.54, 1.807) is 6.92 Å². The second kappa shape index (κ2) is 10.1. The first kappa shape index (κ1) is 25.4. The second-order valence-electron chi connectivity index (χ2n) is 10.8. The topological polar surface area (TPSA) is 102 Å². The van der Waals surface area contributed by atoms with E-state index in [0.717, 1.165) is 44.9 Å². The van der Waals surface area contributed by atoms with Crippen molar-refractivity contribution in [2.24, 2.45) is 0 Å². The van der Waals surface area contributed by atoms with Crippen LogP contribution in [0.15, 0.2) is 65.4 Å². The number of carbonyl (C=O) groups is 1. The molecule has 208 valence electrons. The lowest BCUT2D eigenvalue weighted by Gasteiger charge is -2.38. The summed E-state index contributed by atoms with van der Waals surface area (Å²) in [5.74, 6) is 2.34. The minimum absolute atomic E-state index is 0.00823. The lowest BCUT2D eigenvalue weighted by Crippen LogP contribution is -2.49. The van der Waals surface area contributed by atoms with Gasteiger partial charge in [-0.1, -0.05) is 41.6 Å². The first-order valence-corrected chi connectivity index (χ1v) is 13.9. The molecule has 0 saturated carbocycles. The average Bonchev–Trinajstić information content (AvgIpc) is 3.58. The predicted octanol–water partition coefficient (Wildman–Crippen LogP) is 4.75. The number of hydrogen-bond acceptors (Lipinski definition) is 8. The third kappa shape index (κ3) is 4.54. The zero-order valence-electron chi connectivity index (χ0n) is 23.3. The molecule has 10 nitrogen and oxygen atoms in total. The Labute approximate surface area is 237 Å². The summed E-state index contributed by atoms with van der Waals surface area (Å²) in [6.07, 6.45) is 3.80. The number of carbonyl (C=O) groups excluding carboxylic acids is 1. The summed E-state index contributed by atoms with van der Waals surface area (Å²) >= 11 is 0. The van der Waals surface area contributed by atoms with E-state index >= 15 is 0 Å². The molecule has 0 unspecified atom stereocenters. The monoisotopic (exact) mass is 549 g/mol. The maximum atomic E-state index is 11.7. The van der Waals surface area contributed by atoms with Crippen molar-refractivity contribution in [3.05, 3.63) is 77.9 Å². The maximum Gasteiger partial charge on any atom is 0.219 e. The fourth-order valence-electron chi connectivity index (χ4n) is 5.85. The van der Waals surface area contributed by atoms with Crippen LogP contribution in [-0.2, 0) is 9.53 Å². The van der Waals surface area contributed by atoms with Gasteiger partial charge in [-0.3, -0.25) is 9.48 Å². The number of hydrogen-bond donors (Lipinski definition) is 0. The van der Waals surface area contributed by atoms with Gasteiger partial charge in [-0.2, -0.15) is 5.10 Å². The van der Waals surface area contributed by atoms with Gasteiger partial charge in [0, 0.05) is 43.7 Å². The summed E-state index contributed by atoms with van der Waals surface area (Å²) in [6, 6.07) is 16.8. The molecule has 0 aliphatic carbocycles. The van der Waals surface area contributed by atoms with Crippen molar-refractivity contribution in [2.45, 2.75) is 32.9 Å². The van der Waals surface area contributed by atoms with Crippen molar-refractivity contribution >= 4 is 22.6 Å². The van der Waals surface area contributed by atoms with Gasteiger partial charge in [0.15, 0.2) is 5.82 Å². The van der Waals surface area contributed by atoms with Crippen LogP contribution in [0.25, 0.3) is 33.4 Å². The lowest BCUT2D eigenvalue weighted by molar-refractivity contribution is -0.134. The Hall–Kier alpha value is -4.57. The van der Waals surface area contributed by atoms with Gasteiger partial charge >= 0.3 is 0 Å². The molecule has 5 heterocycles. The SMILES string of the molecule is CC(=O)N1CC(n2cc(-c3nc(N4CCOC[C@@H]4c4ccccc4)c4cc(-c5c(C)noc5C)ccc4n3)cn2)C1. The first-order valence-electron chi connectivity index (χ1n) is 13.9. The third-order valence-electron chi connectivity index (χ3n) is 8.12. The molecule has 10 heteroatoms. The molecule has 2 aliphatic heterocycles. The highest BCUT2D eigenvalue weighted by Crippen LogP contribution is 2.37. The highest BCUT2D eigenvalue weighted by Gasteiger charge is 2.31. The van der Waals surface area contributed by atoms with E-state index in [-0.39, 0.29) is 18.0 Å². The number of nitrogens with zero attached hydrogens (tertiary/aromatic N) is 7. The van der Waals surface area contributed by atoms with E-state index < -0.39 is 0 Å². The van der Waals surface area contributed by atoms with Gasteiger partial charge < -0.3 is 19.1 Å². The molecule has 0 spiro atoms. The molecule has 0 radical (unpaired) electrons. The number of anilines is 1. The van der Waals surface area contributed by atoms with Crippen LogP contribution in [0, 0.1) is 13.8 Å². The number of rotatable bonds is 5. The van der Waals surface area contributed by atoms with E-state index in [1.165, 1.54) is 5.56 Å². The van der Waals surface area contributed by atoms with Crippen molar-refractivity contribution in [3.63, 3.8) is 0 Å². The van der Waals surface area contributed by atoms with E-state index in [9.17, 15) is 4.79 Å². The van der Waals surface area contributed by atoms with Crippen LogP contribution in [0.3, 0.4) is 0 Å². The number of aromatic nitrogens is 5. The molecule has 5 aromatic rings. The molecular formula is C31H31N7O3. The summed E-state index contributed by atoms with van der Waals surface area (Å²) in [7, 11) is 0. The summed E-state index contributed by atoms with van der Waals surface area (Å²) < 4.78 is 13.4. The third-order valence-corrected chi connectivity index (χ3v) is 8.12. The van der Waals surface area contributed by atoms with Gasteiger partial charge in [0.2, 0.25) is 5.91 Å². The second-order valence-corrected chi connectivity index (χ2v) is 10.8. The van der Waals surface area contributed by atoms with E-state index in [4.69, 9.17) is 19.2 Å². The molecule has 2 aromatic carbocycles. The fourth-order valence-corrected chi connectivity index (χ4v) is 5.85.